The van der Waals surface area contributed by atoms with E-state index in [4.69, 9.17) is 0 Å². The van der Waals surface area contributed by atoms with Crippen LogP contribution < -0.4 is 0 Å². The Bertz CT molecular complexity index is 766. The van der Waals surface area contributed by atoms with Crippen LogP contribution in [-0.2, 0) is 6.54 Å². The minimum absolute atomic E-state index is 0.0676. The Morgan fingerprint density at radius 2 is 1.96 bits per heavy atom. The number of aliphatic hydroxyl groups is 1. The number of fused-ring (bicyclic) bond motifs is 5. The Labute approximate surface area is 170 Å². The van der Waals surface area contributed by atoms with Gasteiger partial charge in [0, 0.05) is 18.2 Å². The summed E-state index contributed by atoms with van der Waals surface area (Å²) >= 11 is 0. The van der Waals surface area contributed by atoms with Crippen LogP contribution in [0.3, 0.4) is 0 Å². The van der Waals surface area contributed by atoms with E-state index < -0.39 is 0 Å². The van der Waals surface area contributed by atoms with Crippen molar-refractivity contribution in [2.75, 3.05) is 0 Å². The number of nitrogens with zero attached hydrogens (tertiary/aromatic N) is 2. The second kappa shape index (κ2) is 6.72. The van der Waals surface area contributed by atoms with Crippen LogP contribution in [0.2, 0.25) is 0 Å². The second-order valence-corrected chi connectivity index (χ2v) is 10.9. The van der Waals surface area contributed by atoms with Gasteiger partial charge >= 0.3 is 0 Å². The number of rotatable bonds is 2. The maximum absolute atomic E-state index is 11.4. The van der Waals surface area contributed by atoms with Crippen molar-refractivity contribution in [3.63, 3.8) is 0 Å². The molecule has 154 valence electrons. The lowest BCUT2D eigenvalue weighted by Gasteiger charge is -2.60. The van der Waals surface area contributed by atoms with Crippen molar-refractivity contribution in [1.29, 1.82) is 0 Å². The van der Waals surface area contributed by atoms with E-state index in [-0.39, 0.29) is 11.5 Å². The Morgan fingerprint density at radius 3 is 2.75 bits per heavy atom. The Kier molecular flexibility index (Phi) is 4.54. The fourth-order valence-corrected chi connectivity index (χ4v) is 8.11. The average Bonchev–Trinajstić information content (AvgIpc) is 3.25. The molecule has 4 aliphatic rings. The summed E-state index contributed by atoms with van der Waals surface area (Å²) in [7, 11) is 0. The van der Waals surface area contributed by atoms with Crippen LogP contribution in [-0.4, -0.2) is 21.0 Å². The van der Waals surface area contributed by atoms with E-state index >= 15 is 0 Å². The second-order valence-electron chi connectivity index (χ2n) is 10.9. The van der Waals surface area contributed by atoms with Crippen molar-refractivity contribution in [2.45, 2.75) is 91.2 Å². The molecule has 0 saturated heterocycles. The number of aryl methyl sites for hydroxylation is 1. The van der Waals surface area contributed by atoms with Gasteiger partial charge in [-0.1, -0.05) is 26.7 Å². The molecule has 4 aliphatic carbocycles. The van der Waals surface area contributed by atoms with Crippen LogP contribution in [0, 0.1) is 34.5 Å². The van der Waals surface area contributed by atoms with Crippen LogP contribution >= 0.6 is 0 Å². The lowest BCUT2D eigenvalue weighted by atomic mass is 9.45. The third-order valence-corrected chi connectivity index (χ3v) is 9.77. The largest absolute Gasteiger partial charge is 0.388 e. The molecular weight excluding hydrogens is 344 g/mol. The number of aromatic nitrogens is 2. The highest BCUT2D eigenvalue weighted by Gasteiger charge is 2.60. The van der Waals surface area contributed by atoms with E-state index in [0.717, 1.165) is 36.4 Å². The first kappa shape index (κ1) is 18.9. The minimum Gasteiger partial charge on any atom is -0.388 e. The summed E-state index contributed by atoms with van der Waals surface area (Å²) in [4.78, 5) is 0. The van der Waals surface area contributed by atoms with Gasteiger partial charge in [0.05, 0.1) is 11.8 Å². The first-order valence-corrected chi connectivity index (χ1v) is 11.9. The van der Waals surface area contributed by atoms with Gasteiger partial charge in [-0.05, 0) is 98.7 Å². The normalized spacial score (nSPS) is 46.9. The summed E-state index contributed by atoms with van der Waals surface area (Å²) in [5, 5.41) is 16.0. The third-order valence-electron chi connectivity index (χ3n) is 9.77. The van der Waals surface area contributed by atoms with E-state index in [9.17, 15) is 5.11 Å². The third kappa shape index (κ3) is 2.68. The molecule has 7 unspecified atom stereocenters. The molecule has 4 fully saturated rings. The zero-order chi connectivity index (χ0) is 19.5. The van der Waals surface area contributed by atoms with Gasteiger partial charge in [0.25, 0.3) is 0 Å². The number of hydrogen-bond donors (Lipinski definition) is 1. The molecule has 1 N–H and O–H groups in total. The zero-order valence-electron chi connectivity index (χ0n) is 18.0. The van der Waals surface area contributed by atoms with Gasteiger partial charge in [-0.3, -0.25) is 4.68 Å². The van der Waals surface area contributed by atoms with Crippen LogP contribution in [0.5, 0.6) is 0 Å². The molecule has 0 aromatic carbocycles. The van der Waals surface area contributed by atoms with Crippen molar-refractivity contribution < 1.29 is 5.11 Å². The summed E-state index contributed by atoms with van der Waals surface area (Å²) in [6.45, 7) is 8.04. The Balaban J connectivity index is 1.44. The summed E-state index contributed by atoms with van der Waals surface area (Å²) in [6.07, 6.45) is 16.2. The molecule has 3 heteroatoms. The molecule has 0 amide bonds. The van der Waals surface area contributed by atoms with Gasteiger partial charge in [0.1, 0.15) is 0 Å². The molecule has 0 spiro atoms. The highest BCUT2D eigenvalue weighted by molar-refractivity contribution is 5.52. The van der Waals surface area contributed by atoms with E-state index in [2.05, 4.69) is 38.0 Å². The summed E-state index contributed by atoms with van der Waals surface area (Å²) < 4.78 is 1.98. The molecule has 0 aliphatic heterocycles. The Hall–Kier alpha value is -1.09. The predicted molar refractivity (Wildman–Crippen MR) is 114 cm³/mol. The van der Waals surface area contributed by atoms with Crippen molar-refractivity contribution in [1.82, 2.24) is 9.78 Å². The molecule has 3 nitrogen and oxygen atoms in total. The minimum atomic E-state index is -0.290. The lowest BCUT2D eigenvalue weighted by molar-refractivity contribution is -0.119. The molecule has 7 atom stereocenters. The quantitative estimate of drug-likeness (QED) is 0.713. The molecule has 4 saturated carbocycles. The van der Waals surface area contributed by atoms with Gasteiger partial charge in [0.2, 0.25) is 0 Å². The van der Waals surface area contributed by atoms with Crippen molar-refractivity contribution >= 4 is 6.08 Å². The van der Waals surface area contributed by atoms with Crippen LogP contribution in [0.25, 0.3) is 6.08 Å². The summed E-state index contributed by atoms with van der Waals surface area (Å²) in [5.41, 5.74) is 2.89. The van der Waals surface area contributed by atoms with Crippen molar-refractivity contribution in [3.05, 3.63) is 23.5 Å². The molecule has 1 heterocycles. The van der Waals surface area contributed by atoms with Crippen LogP contribution in [0.15, 0.2) is 17.8 Å². The Morgan fingerprint density at radius 1 is 1.11 bits per heavy atom. The molecule has 1 aromatic rings. The highest BCUT2D eigenvalue weighted by Crippen LogP contribution is 2.66. The maximum atomic E-state index is 11.4. The maximum Gasteiger partial charge on any atom is 0.0851 e. The van der Waals surface area contributed by atoms with Gasteiger partial charge in [-0.15, -0.1) is 0 Å². The van der Waals surface area contributed by atoms with Gasteiger partial charge in [-0.25, -0.2) is 0 Å². The smallest absolute Gasteiger partial charge is 0.0851 e. The SMILES string of the molecule is CCn1ccc(/C=C2\CC3C4CCC5CCCCC5(C)C4CCC3(C)C2O)n1. The van der Waals surface area contributed by atoms with E-state index in [1.165, 1.54) is 56.9 Å². The number of aliphatic hydroxyl groups excluding tert-OH is 1. The first-order chi connectivity index (χ1) is 13.5. The zero-order valence-corrected chi connectivity index (χ0v) is 18.0. The molecule has 0 radical (unpaired) electrons. The molecule has 28 heavy (non-hydrogen) atoms. The van der Waals surface area contributed by atoms with Crippen LogP contribution in [0.4, 0.5) is 0 Å². The topological polar surface area (TPSA) is 38.0 Å². The number of hydrogen-bond acceptors (Lipinski definition) is 2. The van der Waals surface area contributed by atoms with Crippen molar-refractivity contribution in [2.24, 2.45) is 34.5 Å². The molecule has 1 aromatic heterocycles. The monoisotopic (exact) mass is 382 g/mol. The predicted octanol–water partition coefficient (Wildman–Crippen LogP) is 5.69. The van der Waals surface area contributed by atoms with E-state index in [1.54, 1.807) is 0 Å². The standard InChI is InChI=1S/C25H38N2O/c1-4-27-14-11-19(26-27)15-17-16-22-20-9-8-18-7-5-6-12-24(18,2)21(20)10-13-25(22,3)23(17)28/h11,14-15,18,20-23,28H,4-10,12-13,16H2,1-3H3/b17-15+. The fourth-order valence-electron chi connectivity index (χ4n) is 8.11. The molecule has 5 rings (SSSR count). The van der Waals surface area contributed by atoms with Gasteiger partial charge in [0.15, 0.2) is 0 Å². The highest BCUT2D eigenvalue weighted by atomic mass is 16.3. The summed E-state index contributed by atoms with van der Waals surface area (Å²) in [5.74, 6) is 3.31. The lowest BCUT2D eigenvalue weighted by Crippen LogP contribution is -2.53. The van der Waals surface area contributed by atoms with Crippen LogP contribution in [0.1, 0.15) is 84.3 Å². The first-order valence-electron chi connectivity index (χ1n) is 11.9. The average molecular weight is 383 g/mol. The molecule has 0 bridgehead atoms. The van der Waals surface area contributed by atoms with Gasteiger partial charge < -0.3 is 5.11 Å². The van der Waals surface area contributed by atoms with Gasteiger partial charge in [-0.2, -0.15) is 5.10 Å². The van der Waals surface area contributed by atoms with Crippen molar-refractivity contribution in [3.8, 4) is 0 Å². The summed E-state index contributed by atoms with van der Waals surface area (Å²) in [6, 6.07) is 2.09. The fraction of sp³-hybridized carbons (Fsp3) is 0.800. The van der Waals surface area contributed by atoms with E-state index in [0.29, 0.717) is 11.3 Å². The molecular formula is C25H38N2O. The van der Waals surface area contributed by atoms with E-state index in [1.807, 2.05) is 10.9 Å².